The number of benzene rings is 1. The van der Waals surface area contributed by atoms with Crippen molar-refractivity contribution in [2.24, 2.45) is 0 Å². The highest BCUT2D eigenvalue weighted by Gasteiger charge is 2.21. The van der Waals surface area contributed by atoms with Crippen molar-refractivity contribution in [3.05, 3.63) is 23.8 Å². The first-order valence-electron chi connectivity index (χ1n) is 7.44. The maximum atomic E-state index is 9.59. The van der Waals surface area contributed by atoms with E-state index in [4.69, 9.17) is 0 Å². The molecule has 1 aliphatic rings. The fourth-order valence-electron chi connectivity index (χ4n) is 2.97. The van der Waals surface area contributed by atoms with Crippen LogP contribution in [0.1, 0.15) is 50.5 Å². The highest BCUT2D eigenvalue weighted by atomic mass is 16.3. The minimum atomic E-state index is 0.165. The van der Waals surface area contributed by atoms with Gasteiger partial charge in [-0.25, -0.2) is 0 Å². The van der Waals surface area contributed by atoms with Crippen LogP contribution in [-0.4, -0.2) is 34.7 Å². The summed E-state index contributed by atoms with van der Waals surface area (Å²) in [5, 5.41) is 19.2. The summed E-state index contributed by atoms with van der Waals surface area (Å²) in [6.45, 7) is 5.64. The van der Waals surface area contributed by atoms with E-state index in [0.29, 0.717) is 5.92 Å². The maximum Gasteiger partial charge on any atom is 0.119 e. The summed E-state index contributed by atoms with van der Waals surface area (Å²) in [6, 6.07) is 4.98. The molecule has 3 nitrogen and oxygen atoms in total. The Morgan fingerprint density at radius 2 is 1.89 bits per heavy atom. The lowest BCUT2D eigenvalue weighted by atomic mass is 9.90. The van der Waals surface area contributed by atoms with Gasteiger partial charge in [0.2, 0.25) is 0 Å². The maximum absolute atomic E-state index is 9.59. The Bertz CT molecular complexity index is 385. The van der Waals surface area contributed by atoms with Crippen LogP contribution in [0, 0.1) is 0 Å². The van der Waals surface area contributed by atoms with Crippen LogP contribution >= 0.6 is 0 Å². The van der Waals surface area contributed by atoms with Crippen LogP contribution in [0.4, 0.5) is 0 Å². The van der Waals surface area contributed by atoms with E-state index in [1.54, 1.807) is 12.1 Å². The van der Waals surface area contributed by atoms with Crippen LogP contribution in [0.15, 0.2) is 18.2 Å². The number of likely N-dealkylation sites (tertiary alicyclic amines) is 1. The molecule has 1 aromatic carbocycles. The van der Waals surface area contributed by atoms with Gasteiger partial charge < -0.3 is 15.1 Å². The Kier molecular flexibility index (Phi) is 5.08. The number of piperidine rings is 1. The molecule has 1 unspecified atom stereocenters. The van der Waals surface area contributed by atoms with Crippen molar-refractivity contribution in [1.82, 2.24) is 4.90 Å². The highest BCUT2D eigenvalue weighted by molar-refractivity contribution is 5.38. The van der Waals surface area contributed by atoms with Crippen molar-refractivity contribution in [2.75, 3.05) is 19.6 Å². The molecule has 1 fully saturated rings. The molecule has 1 heterocycles. The van der Waals surface area contributed by atoms with E-state index in [9.17, 15) is 10.2 Å². The predicted octanol–water partition coefficient (Wildman–Crippen LogP) is 3.47. The van der Waals surface area contributed by atoms with E-state index in [0.717, 1.165) is 18.5 Å². The van der Waals surface area contributed by atoms with Crippen molar-refractivity contribution in [1.29, 1.82) is 0 Å². The largest absolute Gasteiger partial charge is 0.508 e. The molecule has 0 aromatic heterocycles. The molecule has 1 aliphatic heterocycles. The number of phenolic OH excluding ortho intramolecular Hbond substituents is 2. The summed E-state index contributed by atoms with van der Waals surface area (Å²) >= 11 is 0. The number of rotatable bonds is 5. The standard InChI is InChI=1S/C16H25NO2/c1-2-3-4-7-17-8-5-6-13(12-17)14-9-15(18)11-16(19)10-14/h9-11,13,18-19H,2-8,12H2,1H3. The Morgan fingerprint density at radius 1 is 1.16 bits per heavy atom. The van der Waals surface area contributed by atoms with Gasteiger partial charge in [-0.15, -0.1) is 0 Å². The lowest BCUT2D eigenvalue weighted by Crippen LogP contribution is -2.35. The van der Waals surface area contributed by atoms with Gasteiger partial charge in [0, 0.05) is 12.6 Å². The van der Waals surface area contributed by atoms with Crippen molar-refractivity contribution in [2.45, 2.75) is 44.9 Å². The molecular weight excluding hydrogens is 238 g/mol. The van der Waals surface area contributed by atoms with Crippen LogP contribution in [-0.2, 0) is 0 Å². The first kappa shape index (κ1) is 14.2. The van der Waals surface area contributed by atoms with E-state index < -0.39 is 0 Å². The molecule has 1 atom stereocenters. The zero-order valence-corrected chi connectivity index (χ0v) is 11.8. The van der Waals surface area contributed by atoms with Gasteiger partial charge in [0.05, 0.1) is 0 Å². The molecule has 0 aliphatic carbocycles. The van der Waals surface area contributed by atoms with Crippen molar-refractivity contribution >= 4 is 0 Å². The second kappa shape index (κ2) is 6.80. The topological polar surface area (TPSA) is 43.7 Å². The molecule has 2 N–H and O–H groups in total. The number of nitrogens with zero attached hydrogens (tertiary/aromatic N) is 1. The minimum absolute atomic E-state index is 0.165. The molecular formula is C16H25NO2. The molecule has 3 heteroatoms. The molecule has 0 amide bonds. The normalized spacial score (nSPS) is 20.6. The molecule has 0 spiro atoms. The van der Waals surface area contributed by atoms with E-state index in [-0.39, 0.29) is 11.5 Å². The Morgan fingerprint density at radius 3 is 2.58 bits per heavy atom. The summed E-state index contributed by atoms with van der Waals surface area (Å²) < 4.78 is 0. The number of phenols is 2. The molecule has 0 radical (unpaired) electrons. The second-order valence-electron chi connectivity index (χ2n) is 5.63. The first-order chi connectivity index (χ1) is 9.19. The number of hydrogen-bond acceptors (Lipinski definition) is 3. The summed E-state index contributed by atoms with van der Waals surface area (Å²) in [5.41, 5.74) is 1.07. The minimum Gasteiger partial charge on any atom is -0.508 e. The average Bonchev–Trinajstić information content (AvgIpc) is 2.38. The van der Waals surface area contributed by atoms with Crippen molar-refractivity contribution in [3.63, 3.8) is 0 Å². The van der Waals surface area contributed by atoms with Gasteiger partial charge in [0.25, 0.3) is 0 Å². The van der Waals surface area contributed by atoms with Crippen LogP contribution in [0.25, 0.3) is 0 Å². The zero-order chi connectivity index (χ0) is 13.7. The number of hydrogen-bond donors (Lipinski definition) is 2. The summed E-state index contributed by atoms with van der Waals surface area (Å²) in [4.78, 5) is 2.52. The monoisotopic (exact) mass is 263 g/mol. The first-order valence-corrected chi connectivity index (χ1v) is 7.44. The van der Waals surface area contributed by atoms with Crippen LogP contribution in [0.2, 0.25) is 0 Å². The highest BCUT2D eigenvalue weighted by Crippen LogP contribution is 2.31. The third-order valence-corrected chi connectivity index (χ3v) is 3.98. The Hall–Kier alpha value is -1.22. The van der Waals surface area contributed by atoms with E-state index in [1.807, 2.05) is 0 Å². The van der Waals surface area contributed by atoms with Gasteiger partial charge in [0.1, 0.15) is 11.5 Å². The van der Waals surface area contributed by atoms with Gasteiger partial charge >= 0.3 is 0 Å². The summed E-state index contributed by atoms with van der Waals surface area (Å²) in [7, 11) is 0. The molecule has 2 rings (SSSR count). The molecule has 19 heavy (non-hydrogen) atoms. The predicted molar refractivity (Wildman–Crippen MR) is 77.7 cm³/mol. The van der Waals surface area contributed by atoms with Gasteiger partial charge in [-0.3, -0.25) is 0 Å². The number of aromatic hydroxyl groups is 2. The SMILES string of the molecule is CCCCCN1CCCC(c2cc(O)cc(O)c2)C1. The van der Waals surface area contributed by atoms with E-state index in [1.165, 1.54) is 44.8 Å². The summed E-state index contributed by atoms with van der Waals surface area (Å²) in [5.74, 6) is 0.768. The van der Waals surface area contributed by atoms with E-state index in [2.05, 4.69) is 11.8 Å². The number of unbranched alkanes of at least 4 members (excludes halogenated alkanes) is 2. The Balaban J connectivity index is 1.96. The van der Waals surface area contributed by atoms with Gasteiger partial charge in [0.15, 0.2) is 0 Å². The second-order valence-corrected chi connectivity index (χ2v) is 5.63. The van der Waals surface area contributed by atoms with Crippen LogP contribution in [0.5, 0.6) is 11.5 Å². The van der Waals surface area contributed by atoms with Gasteiger partial charge in [-0.1, -0.05) is 19.8 Å². The van der Waals surface area contributed by atoms with Gasteiger partial charge in [-0.2, -0.15) is 0 Å². The fraction of sp³-hybridized carbons (Fsp3) is 0.625. The third-order valence-electron chi connectivity index (χ3n) is 3.98. The van der Waals surface area contributed by atoms with Crippen LogP contribution < -0.4 is 0 Å². The quantitative estimate of drug-likeness (QED) is 0.799. The summed E-state index contributed by atoms with van der Waals surface area (Å²) in [6.07, 6.45) is 6.18. The zero-order valence-electron chi connectivity index (χ0n) is 11.8. The molecule has 106 valence electrons. The van der Waals surface area contributed by atoms with Crippen molar-refractivity contribution in [3.8, 4) is 11.5 Å². The lowest BCUT2D eigenvalue weighted by molar-refractivity contribution is 0.204. The van der Waals surface area contributed by atoms with Gasteiger partial charge in [-0.05, 0) is 56.0 Å². The van der Waals surface area contributed by atoms with E-state index >= 15 is 0 Å². The van der Waals surface area contributed by atoms with Crippen molar-refractivity contribution < 1.29 is 10.2 Å². The lowest BCUT2D eigenvalue weighted by Gasteiger charge is -2.33. The molecule has 1 saturated heterocycles. The fourth-order valence-corrected chi connectivity index (χ4v) is 2.97. The molecule has 0 bridgehead atoms. The third kappa shape index (κ3) is 4.13. The Labute approximate surface area is 115 Å². The molecule has 1 aromatic rings. The average molecular weight is 263 g/mol. The molecule has 0 saturated carbocycles. The van der Waals surface area contributed by atoms with Crippen LogP contribution in [0.3, 0.4) is 0 Å². The smallest absolute Gasteiger partial charge is 0.119 e.